The summed E-state index contributed by atoms with van der Waals surface area (Å²) < 4.78 is 40.9. The predicted octanol–water partition coefficient (Wildman–Crippen LogP) is 2.69. The lowest BCUT2D eigenvalue weighted by molar-refractivity contribution is -0.142. The largest absolute Gasteiger partial charge is 0.436 e. The van der Waals surface area contributed by atoms with Crippen molar-refractivity contribution in [3.05, 3.63) is 30.2 Å². The first kappa shape index (κ1) is 8.86. The van der Waals surface area contributed by atoms with Gasteiger partial charge in [0, 0.05) is 24.0 Å². The molecule has 0 amide bonds. The second-order valence-electron chi connectivity index (χ2n) is 2.67. The number of nitrogens with zero attached hydrogens (tertiary/aromatic N) is 1. The minimum absolute atomic E-state index is 0.0959. The maximum atomic E-state index is 12.1. The molecule has 74 valence electrons. The highest BCUT2D eigenvalue weighted by Gasteiger charge is 2.35. The molecule has 0 radical (unpaired) electrons. The third-order valence-corrected chi connectivity index (χ3v) is 1.68. The van der Waals surface area contributed by atoms with Gasteiger partial charge in [0.1, 0.15) is 0 Å². The van der Waals surface area contributed by atoms with E-state index < -0.39 is 11.9 Å². The summed E-state index contributed by atoms with van der Waals surface area (Å²) in [5.41, 5.74) is -0.485. The Labute approximate surface area is 76.5 Å². The lowest BCUT2D eigenvalue weighted by Crippen LogP contribution is -2.04. The third-order valence-electron chi connectivity index (χ3n) is 1.68. The number of aromatic nitrogens is 2. The van der Waals surface area contributed by atoms with Gasteiger partial charge in [-0.2, -0.15) is 13.2 Å². The van der Waals surface area contributed by atoms with Crippen molar-refractivity contribution in [1.29, 1.82) is 0 Å². The van der Waals surface area contributed by atoms with Crippen LogP contribution >= 0.6 is 0 Å². The second kappa shape index (κ2) is 2.90. The van der Waals surface area contributed by atoms with Crippen molar-refractivity contribution in [2.75, 3.05) is 0 Å². The molecule has 3 nitrogen and oxygen atoms in total. The van der Waals surface area contributed by atoms with E-state index in [-0.39, 0.29) is 5.76 Å². The first-order valence-electron chi connectivity index (χ1n) is 3.74. The summed E-state index contributed by atoms with van der Waals surface area (Å²) in [5, 5.41) is 2.93. The van der Waals surface area contributed by atoms with Crippen molar-refractivity contribution in [2.24, 2.45) is 0 Å². The van der Waals surface area contributed by atoms with Crippen LogP contribution in [-0.4, -0.2) is 10.1 Å². The summed E-state index contributed by atoms with van der Waals surface area (Å²) in [6, 6.07) is 2.46. The smallest absolute Gasteiger partial charge is 0.367 e. The molecule has 1 N–H and O–H groups in total. The van der Waals surface area contributed by atoms with E-state index in [0.29, 0.717) is 5.56 Å². The molecule has 2 rings (SSSR count). The minimum Gasteiger partial charge on any atom is -0.367 e. The van der Waals surface area contributed by atoms with E-state index >= 15 is 0 Å². The molecule has 0 aromatic carbocycles. The zero-order valence-corrected chi connectivity index (χ0v) is 6.80. The van der Waals surface area contributed by atoms with Crippen molar-refractivity contribution < 1.29 is 17.7 Å². The van der Waals surface area contributed by atoms with Gasteiger partial charge in [0.15, 0.2) is 11.5 Å². The molecule has 0 bridgehead atoms. The van der Waals surface area contributed by atoms with Gasteiger partial charge < -0.3 is 9.51 Å². The summed E-state index contributed by atoms with van der Waals surface area (Å²) in [6.07, 6.45) is -1.34. The lowest BCUT2D eigenvalue weighted by atomic mass is 10.2. The molecule has 0 spiro atoms. The molecule has 0 unspecified atom stereocenters. The molecule has 2 aromatic rings. The van der Waals surface area contributed by atoms with Crippen LogP contribution in [0, 0.1) is 0 Å². The van der Waals surface area contributed by atoms with E-state index in [1.54, 1.807) is 12.3 Å². The van der Waals surface area contributed by atoms with Gasteiger partial charge in [-0.05, 0) is 6.07 Å². The summed E-state index contributed by atoms with van der Waals surface area (Å²) in [6.45, 7) is 0. The Morgan fingerprint density at radius 3 is 2.64 bits per heavy atom. The molecule has 0 saturated heterocycles. The van der Waals surface area contributed by atoms with E-state index in [1.165, 1.54) is 6.20 Å². The van der Waals surface area contributed by atoms with Crippen molar-refractivity contribution in [1.82, 2.24) is 10.1 Å². The summed E-state index contributed by atoms with van der Waals surface area (Å²) in [7, 11) is 0. The number of rotatable bonds is 1. The Bertz CT molecular complexity index is 416. The van der Waals surface area contributed by atoms with Gasteiger partial charge in [-0.3, -0.25) is 0 Å². The van der Waals surface area contributed by atoms with E-state index in [9.17, 15) is 13.2 Å². The molecule has 0 aliphatic heterocycles. The Morgan fingerprint density at radius 1 is 1.36 bits per heavy atom. The molecule has 0 aliphatic carbocycles. The Hall–Kier alpha value is -1.72. The van der Waals surface area contributed by atoms with Crippen LogP contribution in [0.2, 0.25) is 0 Å². The Balaban J connectivity index is 2.36. The van der Waals surface area contributed by atoms with Crippen molar-refractivity contribution in [3.63, 3.8) is 0 Å². The van der Waals surface area contributed by atoms with Crippen LogP contribution in [0.15, 0.2) is 29.0 Å². The van der Waals surface area contributed by atoms with Gasteiger partial charge in [-0.15, -0.1) is 0 Å². The third kappa shape index (κ3) is 1.50. The fourth-order valence-corrected chi connectivity index (χ4v) is 1.02. The topological polar surface area (TPSA) is 41.8 Å². The SMILES string of the molecule is FC(F)(F)c1cc(-c2cc[nH]c2)on1. The number of H-pyrrole nitrogens is 1. The molecule has 2 aromatic heterocycles. The molecule has 0 aliphatic rings. The van der Waals surface area contributed by atoms with Crippen molar-refractivity contribution >= 4 is 0 Å². The maximum Gasteiger partial charge on any atom is 0.436 e. The van der Waals surface area contributed by atoms with Gasteiger partial charge in [-0.25, -0.2) is 0 Å². The average molecular weight is 202 g/mol. The van der Waals surface area contributed by atoms with Crippen LogP contribution in [0.5, 0.6) is 0 Å². The zero-order valence-electron chi connectivity index (χ0n) is 6.80. The standard InChI is InChI=1S/C8H5F3N2O/c9-8(10,11)7-3-6(14-13-7)5-1-2-12-4-5/h1-4,12H. The van der Waals surface area contributed by atoms with E-state index in [1.807, 2.05) is 0 Å². The molecular weight excluding hydrogens is 197 g/mol. The number of nitrogens with one attached hydrogen (secondary N) is 1. The van der Waals surface area contributed by atoms with E-state index in [4.69, 9.17) is 0 Å². The van der Waals surface area contributed by atoms with Gasteiger partial charge >= 0.3 is 6.18 Å². The number of hydrogen-bond donors (Lipinski definition) is 1. The van der Waals surface area contributed by atoms with Crippen LogP contribution in [0.4, 0.5) is 13.2 Å². The zero-order chi connectivity index (χ0) is 10.2. The van der Waals surface area contributed by atoms with E-state index in [2.05, 4.69) is 14.7 Å². The molecule has 0 saturated carbocycles. The first-order chi connectivity index (χ1) is 6.57. The quantitative estimate of drug-likeness (QED) is 0.772. The van der Waals surface area contributed by atoms with E-state index in [0.717, 1.165) is 6.07 Å². The first-order valence-corrected chi connectivity index (χ1v) is 3.74. The second-order valence-corrected chi connectivity index (χ2v) is 2.67. The number of alkyl halides is 3. The Kier molecular flexibility index (Phi) is 1.83. The highest BCUT2D eigenvalue weighted by molar-refractivity contribution is 5.56. The summed E-state index contributed by atoms with van der Waals surface area (Å²) >= 11 is 0. The van der Waals surface area contributed by atoms with Gasteiger partial charge in [0.05, 0.1) is 0 Å². The van der Waals surface area contributed by atoms with Crippen LogP contribution < -0.4 is 0 Å². The fourth-order valence-electron chi connectivity index (χ4n) is 1.02. The van der Waals surface area contributed by atoms with Gasteiger partial charge in [0.2, 0.25) is 0 Å². The molecule has 0 fully saturated rings. The lowest BCUT2D eigenvalue weighted by Gasteiger charge is -1.97. The summed E-state index contributed by atoms with van der Waals surface area (Å²) in [5.74, 6) is 0.0959. The monoisotopic (exact) mass is 202 g/mol. The van der Waals surface area contributed by atoms with Gasteiger partial charge in [-0.1, -0.05) is 5.16 Å². The molecular formula is C8H5F3N2O. The van der Waals surface area contributed by atoms with Crippen LogP contribution in [-0.2, 0) is 6.18 Å². The summed E-state index contributed by atoms with van der Waals surface area (Å²) in [4.78, 5) is 2.71. The minimum atomic E-state index is -4.46. The molecule has 6 heteroatoms. The highest BCUT2D eigenvalue weighted by Crippen LogP contribution is 2.31. The van der Waals surface area contributed by atoms with Crippen LogP contribution in [0.1, 0.15) is 5.69 Å². The fraction of sp³-hybridized carbons (Fsp3) is 0.125. The Morgan fingerprint density at radius 2 is 2.14 bits per heavy atom. The van der Waals surface area contributed by atoms with Gasteiger partial charge in [0.25, 0.3) is 0 Å². The molecule has 2 heterocycles. The normalized spacial score (nSPS) is 11.9. The number of halogens is 3. The maximum absolute atomic E-state index is 12.1. The predicted molar refractivity (Wildman–Crippen MR) is 41.3 cm³/mol. The van der Waals surface area contributed by atoms with Crippen molar-refractivity contribution in [2.45, 2.75) is 6.18 Å². The number of aromatic amines is 1. The van der Waals surface area contributed by atoms with Crippen molar-refractivity contribution in [3.8, 4) is 11.3 Å². The number of hydrogen-bond acceptors (Lipinski definition) is 2. The van der Waals surface area contributed by atoms with Crippen LogP contribution in [0.25, 0.3) is 11.3 Å². The molecule has 0 atom stereocenters. The highest BCUT2D eigenvalue weighted by atomic mass is 19.4. The average Bonchev–Trinajstić information content (AvgIpc) is 2.73. The van der Waals surface area contributed by atoms with Crippen LogP contribution in [0.3, 0.4) is 0 Å². The molecule has 14 heavy (non-hydrogen) atoms.